The van der Waals surface area contributed by atoms with Crippen molar-refractivity contribution >= 4 is 34.7 Å². The van der Waals surface area contributed by atoms with Gasteiger partial charge in [0.25, 0.3) is 0 Å². The van der Waals surface area contributed by atoms with Crippen molar-refractivity contribution in [3.05, 3.63) is 59.7 Å². The Morgan fingerprint density at radius 2 is 1.54 bits per heavy atom. The molecule has 5 nitrogen and oxygen atoms in total. The molecule has 0 atom stereocenters. The third kappa shape index (κ3) is 4.32. The van der Waals surface area contributed by atoms with Crippen LogP contribution in [0.5, 0.6) is 0 Å². The van der Waals surface area contributed by atoms with E-state index < -0.39 is 0 Å². The van der Waals surface area contributed by atoms with Gasteiger partial charge in [0, 0.05) is 37.6 Å². The van der Waals surface area contributed by atoms with Crippen LogP contribution < -0.4 is 10.6 Å². The predicted molar refractivity (Wildman–Crippen MR) is 111 cm³/mol. The van der Waals surface area contributed by atoms with Crippen LogP contribution in [-0.2, 0) is 0 Å². The smallest absolute Gasteiger partial charge is 0.321 e. The monoisotopic (exact) mass is 368 g/mol. The maximum Gasteiger partial charge on any atom is 0.321 e. The zero-order chi connectivity index (χ0) is 18.5. The van der Waals surface area contributed by atoms with Crippen LogP contribution in [0.15, 0.2) is 48.5 Å². The molecule has 0 unspecified atom stereocenters. The number of aryl methyl sites for hydroxylation is 1. The van der Waals surface area contributed by atoms with Gasteiger partial charge in [-0.1, -0.05) is 30.3 Å². The lowest BCUT2D eigenvalue weighted by Crippen LogP contribution is -2.52. The molecule has 2 aromatic rings. The maximum atomic E-state index is 12.4. The van der Waals surface area contributed by atoms with Crippen LogP contribution >= 0.6 is 12.2 Å². The molecule has 6 heteroatoms. The highest BCUT2D eigenvalue weighted by molar-refractivity contribution is 7.80. The zero-order valence-electron chi connectivity index (χ0n) is 15.2. The fourth-order valence-electron chi connectivity index (χ4n) is 2.92. The Kier molecular flexibility index (Phi) is 5.73. The first-order chi connectivity index (χ1) is 12.5. The molecule has 0 aliphatic carbocycles. The minimum Gasteiger partial charge on any atom is -0.345 e. The molecule has 1 saturated heterocycles. The third-order valence-corrected chi connectivity index (χ3v) is 5.09. The van der Waals surface area contributed by atoms with E-state index in [-0.39, 0.29) is 6.03 Å². The highest BCUT2D eigenvalue weighted by atomic mass is 32.1. The number of amides is 2. The summed E-state index contributed by atoms with van der Waals surface area (Å²) in [6, 6.07) is 15.6. The second kappa shape index (κ2) is 8.19. The number of carbonyl (C=O) groups excluding carboxylic acids is 1. The third-order valence-electron chi connectivity index (χ3n) is 4.73. The molecule has 0 saturated carbocycles. The Hall–Kier alpha value is -2.60. The number of nitrogens with one attached hydrogen (secondary N) is 2. The van der Waals surface area contributed by atoms with E-state index in [4.69, 9.17) is 12.2 Å². The van der Waals surface area contributed by atoms with Gasteiger partial charge in [0.15, 0.2) is 5.11 Å². The predicted octanol–water partition coefficient (Wildman–Crippen LogP) is 3.85. The second-order valence-electron chi connectivity index (χ2n) is 6.45. The molecular weight excluding hydrogens is 344 g/mol. The van der Waals surface area contributed by atoms with Crippen molar-refractivity contribution in [1.29, 1.82) is 0 Å². The average molecular weight is 369 g/mol. The number of nitrogens with zero attached hydrogens (tertiary/aromatic N) is 2. The molecule has 0 radical (unpaired) electrons. The van der Waals surface area contributed by atoms with E-state index in [2.05, 4.69) is 35.4 Å². The number of hydrogen-bond acceptors (Lipinski definition) is 2. The number of carbonyl (C=O) groups is 1. The first-order valence-electron chi connectivity index (χ1n) is 8.78. The molecule has 0 spiro atoms. The summed E-state index contributed by atoms with van der Waals surface area (Å²) in [5.41, 5.74) is 4.29. The van der Waals surface area contributed by atoms with Crippen molar-refractivity contribution in [2.45, 2.75) is 13.8 Å². The second-order valence-corrected chi connectivity index (χ2v) is 6.83. The Morgan fingerprint density at radius 3 is 2.23 bits per heavy atom. The van der Waals surface area contributed by atoms with Crippen molar-refractivity contribution in [2.24, 2.45) is 0 Å². The Bertz CT molecular complexity index is 786. The van der Waals surface area contributed by atoms with E-state index in [0.717, 1.165) is 24.5 Å². The molecular formula is C20H24N4OS. The standard InChI is InChI=1S/C20H24N4OS/c1-15-7-6-10-18(16(15)2)22-20(26)24-13-11-23(12-14-24)19(25)21-17-8-4-3-5-9-17/h3-10H,11-14H2,1-2H3,(H,21,25)(H,22,26). The quantitative estimate of drug-likeness (QED) is 0.791. The molecule has 1 heterocycles. The van der Waals surface area contributed by atoms with Gasteiger partial charge in [0.1, 0.15) is 0 Å². The number of anilines is 2. The number of thiocarbonyl (C=S) groups is 1. The van der Waals surface area contributed by atoms with E-state index in [0.29, 0.717) is 18.2 Å². The molecule has 0 aromatic heterocycles. The van der Waals surface area contributed by atoms with Gasteiger partial charge in [0.2, 0.25) is 0 Å². The van der Waals surface area contributed by atoms with Gasteiger partial charge < -0.3 is 20.4 Å². The van der Waals surface area contributed by atoms with E-state index in [1.165, 1.54) is 11.1 Å². The van der Waals surface area contributed by atoms with Crippen LogP contribution in [0.1, 0.15) is 11.1 Å². The summed E-state index contributed by atoms with van der Waals surface area (Å²) in [6.07, 6.45) is 0. The fourth-order valence-corrected chi connectivity index (χ4v) is 3.21. The van der Waals surface area contributed by atoms with Crippen molar-refractivity contribution in [1.82, 2.24) is 9.80 Å². The minimum atomic E-state index is -0.0655. The molecule has 26 heavy (non-hydrogen) atoms. The summed E-state index contributed by atoms with van der Waals surface area (Å²) in [7, 11) is 0. The number of urea groups is 1. The Labute approximate surface area is 160 Å². The number of rotatable bonds is 2. The summed E-state index contributed by atoms with van der Waals surface area (Å²) in [5, 5.41) is 6.98. The lowest BCUT2D eigenvalue weighted by Gasteiger charge is -2.36. The number of para-hydroxylation sites is 1. The molecule has 2 aromatic carbocycles. The van der Waals surface area contributed by atoms with Gasteiger partial charge in [0.05, 0.1) is 0 Å². The molecule has 1 fully saturated rings. The zero-order valence-corrected chi connectivity index (χ0v) is 16.0. The van der Waals surface area contributed by atoms with Gasteiger partial charge >= 0.3 is 6.03 Å². The van der Waals surface area contributed by atoms with E-state index >= 15 is 0 Å². The molecule has 3 rings (SSSR count). The topological polar surface area (TPSA) is 47.6 Å². The number of hydrogen-bond donors (Lipinski definition) is 2. The van der Waals surface area contributed by atoms with E-state index in [1.54, 1.807) is 0 Å². The van der Waals surface area contributed by atoms with Crippen LogP contribution in [0, 0.1) is 13.8 Å². The van der Waals surface area contributed by atoms with Gasteiger partial charge in [-0.2, -0.15) is 0 Å². The molecule has 2 amide bonds. The van der Waals surface area contributed by atoms with Crippen LogP contribution in [0.25, 0.3) is 0 Å². The van der Waals surface area contributed by atoms with E-state index in [1.807, 2.05) is 47.4 Å². The molecule has 1 aliphatic heterocycles. The van der Waals surface area contributed by atoms with E-state index in [9.17, 15) is 4.79 Å². The summed E-state index contributed by atoms with van der Waals surface area (Å²) >= 11 is 5.56. The first kappa shape index (κ1) is 18.2. The fraction of sp³-hybridized carbons (Fsp3) is 0.300. The Morgan fingerprint density at radius 1 is 0.885 bits per heavy atom. The highest BCUT2D eigenvalue weighted by Gasteiger charge is 2.22. The van der Waals surface area contributed by atoms with Crippen LogP contribution in [0.3, 0.4) is 0 Å². The van der Waals surface area contributed by atoms with Crippen molar-refractivity contribution < 1.29 is 4.79 Å². The van der Waals surface area contributed by atoms with Crippen molar-refractivity contribution in [3.8, 4) is 0 Å². The van der Waals surface area contributed by atoms with Gasteiger partial charge in [-0.05, 0) is 55.4 Å². The van der Waals surface area contributed by atoms with Gasteiger partial charge in [-0.3, -0.25) is 0 Å². The summed E-state index contributed by atoms with van der Waals surface area (Å²) in [5.74, 6) is 0. The van der Waals surface area contributed by atoms with Crippen molar-refractivity contribution in [2.75, 3.05) is 36.8 Å². The maximum absolute atomic E-state index is 12.4. The molecule has 2 N–H and O–H groups in total. The SMILES string of the molecule is Cc1cccc(NC(=S)N2CCN(C(=O)Nc3ccccc3)CC2)c1C. The minimum absolute atomic E-state index is 0.0655. The van der Waals surface area contributed by atoms with Gasteiger partial charge in [-0.15, -0.1) is 0 Å². The summed E-state index contributed by atoms with van der Waals surface area (Å²) in [4.78, 5) is 16.3. The van der Waals surface area contributed by atoms with Crippen molar-refractivity contribution in [3.63, 3.8) is 0 Å². The molecule has 0 bridgehead atoms. The first-order valence-corrected chi connectivity index (χ1v) is 9.18. The highest BCUT2D eigenvalue weighted by Crippen LogP contribution is 2.19. The van der Waals surface area contributed by atoms with Gasteiger partial charge in [-0.25, -0.2) is 4.79 Å². The molecule has 1 aliphatic rings. The van der Waals surface area contributed by atoms with Crippen LogP contribution in [-0.4, -0.2) is 47.1 Å². The number of piperazine rings is 1. The normalized spacial score (nSPS) is 14.1. The summed E-state index contributed by atoms with van der Waals surface area (Å²) < 4.78 is 0. The summed E-state index contributed by atoms with van der Waals surface area (Å²) in [6.45, 7) is 6.91. The number of benzene rings is 2. The van der Waals surface area contributed by atoms with Crippen LogP contribution in [0.4, 0.5) is 16.2 Å². The molecule has 136 valence electrons. The average Bonchev–Trinajstić information content (AvgIpc) is 2.66. The Balaban J connectivity index is 1.52. The van der Waals surface area contributed by atoms with Crippen LogP contribution in [0.2, 0.25) is 0 Å². The largest absolute Gasteiger partial charge is 0.345 e. The lowest BCUT2D eigenvalue weighted by atomic mass is 10.1. The lowest BCUT2D eigenvalue weighted by molar-refractivity contribution is 0.182.